The number of hydrogen-bond donors (Lipinski definition) is 1. The van der Waals surface area contributed by atoms with Crippen LogP contribution in [-0.4, -0.2) is 9.55 Å². The van der Waals surface area contributed by atoms with Crippen LogP contribution < -0.4 is 5.56 Å². The lowest BCUT2D eigenvalue weighted by Gasteiger charge is -2.29. The van der Waals surface area contributed by atoms with Crippen molar-refractivity contribution in [3.8, 4) is 0 Å². The Morgan fingerprint density at radius 1 is 1.53 bits per heavy atom. The minimum atomic E-state index is 0.0850. The van der Waals surface area contributed by atoms with Crippen molar-refractivity contribution < 1.29 is 0 Å². The van der Waals surface area contributed by atoms with Crippen molar-refractivity contribution in [2.75, 3.05) is 0 Å². The quantitative estimate of drug-likeness (QED) is 0.840. The molecule has 102 valence electrons. The molecule has 1 aliphatic carbocycles. The second kappa shape index (κ2) is 5.21. The molecule has 1 N–H and O–H groups in total. The van der Waals surface area contributed by atoms with Gasteiger partial charge in [0.1, 0.15) is 4.83 Å². The monoisotopic (exact) mass is 294 g/mol. The summed E-state index contributed by atoms with van der Waals surface area (Å²) >= 11 is 6.94. The largest absolute Gasteiger partial charge is 0.323 e. The third-order valence-electron chi connectivity index (χ3n) is 4.25. The van der Waals surface area contributed by atoms with Crippen molar-refractivity contribution in [3.63, 3.8) is 0 Å². The van der Waals surface area contributed by atoms with Crippen LogP contribution in [0.3, 0.4) is 0 Å². The van der Waals surface area contributed by atoms with Gasteiger partial charge in [-0.3, -0.25) is 9.36 Å². The average molecular weight is 294 g/mol. The Morgan fingerprint density at radius 3 is 3.16 bits per heavy atom. The summed E-state index contributed by atoms with van der Waals surface area (Å²) in [7, 11) is 0. The molecule has 0 amide bonds. The molecule has 3 nitrogen and oxygen atoms in total. The fraction of sp³-hybridized carbons (Fsp3) is 0.571. The predicted molar refractivity (Wildman–Crippen MR) is 82.6 cm³/mol. The minimum absolute atomic E-state index is 0.0850. The molecule has 0 spiro atoms. The Labute approximate surface area is 121 Å². The summed E-state index contributed by atoms with van der Waals surface area (Å²) < 4.78 is 2.41. The number of thiophene rings is 1. The third kappa shape index (κ3) is 2.30. The van der Waals surface area contributed by atoms with E-state index in [2.05, 4.69) is 11.9 Å². The van der Waals surface area contributed by atoms with Crippen molar-refractivity contribution in [3.05, 3.63) is 26.6 Å². The van der Waals surface area contributed by atoms with Crippen LogP contribution in [0.1, 0.15) is 45.1 Å². The van der Waals surface area contributed by atoms with Crippen LogP contribution in [0.2, 0.25) is 0 Å². The molecule has 5 heteroatoms. The number of aromatic nitrogens is 2. The first-order valence-corrected chi connectivity index (χ1v) is 8.21. The fourth-order valence-electron chi connectivity index (χ4n) is 3.15. The molecule has 0 radical (unpaired) electrons. The predicted octanol–water partition coefficient (Wildman–Crippen LogP) is 4.26. The Kier molecular flexibility index (Phi) is 3.58. The average Bonchev–Trinajstić information content (AvgIpc) is 2.87. The maximum Gasteiger partial charge on any atom is 0.263 e. The molecule has 1 saturated carbocycles. The maximum absolute atomic E-state index is 12.6. The second-order valence-corrected chi connectivity index (χ2v) is 6.67. The summed E-state index contributed by atoms with van der Waals surface area (Å²) in [6, 6.07) is 2.17. The molecule has 0 aliphatic heterocycles. The molecule has 2 heterocycles. The van der Waals surface area contributed by atoms with E-state index in [1.807, 2.05) is 16.0 Å². The molecule has 0 aromatic carbocycles. The van der Waals surface area contributed by atoms with E-state index < -0.39 is 0 Å². The van der Waals surface area contributed by atoms with Gasteiger partial charge in [-0.15, -0.1) is 11.3 Å². The van der Waals surface area contributed by atoms with E-state index >= 15 is 0 Å². The van der Waals surface area contributed by atoms with Gasteiger partial charge in [-0.1, -0.05) is 26.2 Å². The maximum atomic E-state index is 12.6. The van der Waals surface area contributed by atoms with Crippen LogP contribution >= 0.6 is 23.6 Å². The summed E-state index contributed by atoms with van der Waals surface area (Å²) in [6.07, 6.45) is 5.85. The summed E-state index contributed by atoms with van der Waals surface area (Å²) in [5.74, 6) is 0.734. The summed E-state index contributed by atoms with van der Waals surface area (Å²) in [5, 5.41) is 2.72. The van der Waals surface area contributed by atoms with Gasteiger partial charge in [0.05, 0.1) is 5.39 Å². The Bertz CT molecular complexity index is 697. The van der Waals surface area contributed by atoms with Crippen molar-refractivity contribution >= 4 is 33.8 Å². The molecule has 1 fully saturated rings. The van der Waals surface area contributed by atoms with Gasteiger partial charge in [-0.05, 0) is 42.4 Å². The lowest BCUT2D eigenvalue weighted by atomic mass is 9.84. The van der Waals surface area contributed by atoms with Crippen LogP contribution in [0.5, 0.6) is 0 Å². The van der Waals surface area contributed by atoms with Gasteiger partial charge in [-0.25, -0.2) is 0 Å². The van der Waals surface area contributed by atoms with E-state index in [0.29, 0.717) is 4.77 Å². The van der Waals surface area contributed by atoms with Crippen LogP contribution in [0.15, 0.2) is 16.2 Å². The summed E-state index contributed by atoms with van der Waals surface area (Å²) in [6.45, 7) is 2.23. The van der Waals surface area contributed by atoms with Crippen LogP contribution in [0.25, 0.3) is 10.2 Å². The highest BCUT2D eigenvalue weighted by Crippen LogP contribution is 2.33. The molecule has 2 unspecified atom stereocenters. The first kappa shape index (κ1) is 13.1. The van der Waals surface area contributed by atoms with E-state index in [4.69, 9.17) is 12.2 Å². The van der Waals surface area contributed by atoms with Crippen molar-refractivity contribution in [1.29, 1.82) is 0 Å². The van der Waals surface area contributed by atoms with Gasteiger partial charge in [-0.2, -0.15) is 0 Å². The zero-order chi connectivity index (χ0) is 13.4. The summed E-state index contributed by atoms with van der Waals surface area (Å²) in [5.41, 5.74) is 0.0850. The molecule has 0 saturated heterocycles. The molecule has 2 atom stereocenters. The van der Waals surface area contributed by atoms with E-state index in [0.717, 1.165) is 29.0 Å². The topological polar surface area (TPSA) is 37.8 Å². The van der Waals surface area contributed by atoms with Crippen molar-refractivity contribution in [2.24, 2.45) is 5.92 Å². The molecule has 1 aliphatic rings. The van der Waals surface area contributed by atoms with E-state index in [1.165, 1.54) is 19.3 Å². The van der Waals surface area contributed by atoms with Gasteiger partial charge >= 0.3 is 0 Å². The second-order valence-electron chi connectivity index (χ2n) is 5.36. The van der Waals surface area contributed by atoms with Gasteiger partial charge in [0.25, 0.3) is 5.56 Å². The number of hydrogen-bond acceptors (Lipinski definition) is 3. The molecule has 2 aromatic heterocycles. The summed E-state index contributed by atoms with van der Waals surface area (Å²) in [4.78, 5) is 16.7. The zero-order valence-corrected chi connectivity index (χ0v) is 12.6. The van der Waals surface area contributed by atoms with E-state index in [-0.39, 0.29) is 11.6 Å². The van der Waals surface area contributed by atoms with Crippen LogP contribution in [0, 0.1) is 10.7 Å². The molecule has 3 rings (SSSR count). The Hall–Kier alpha value is -0.940. The van der Waals surface area contributed by atoms with Crippen molar-refractivity contribution in [1.82, 2.24) is 9.55 Å². The number of rotatable bonds is 2. The number of fused-ring (bicyclic) bond motifs is 1. The molecular formula is C14H18N2OS2. The van der Waals surface area contributed by atoms with Crippen molar-refractivity contribution in [2.45, 2.75) is 45.1 Å². The van der Waals surface area contributed by atoms with Gasteiger partial charge in [0, 0.05) is 6.04 Å². The highest BCUT2D eigenvalue weighted by atomic mass is 32.1. The molecular weight excluding hydrogens is 276 g/mol. The zero-order valence-electron chi connectivity index (χ0n) is 11.0. The SMILES string of the molecule is CCC1CCCC(n2c(=S)[nH]c3sccc3c2=O)C1. The molecule has 2 aromatic rings. The van der Waals surface area contributed by atoms with Gasteiger partial charge < -0.3 is 4.98 Å². The van der Waals surface area contributed by atoms with E-state index in [9.17, 15) is 4.79 Å². The Morgan fingerprint density at radius 2 is 2.37 bits per heavy atom. The highest BCUT2D eigenvalue weighted by Gasteiger charge is 2.24. The molecule has 19 heavy (non-hydrogen) atoms. The van der Waals surface area contributed by atoms with Gasteiger partial charge in [0.15, 0.2) is 4.77 Å². The van der Waals surface area contributed by atoms with Crippen LogP contribution in [-0.2, 0) is 0 Å². The smallest absolute Gasteiger partial charge is 0.263 e. The van der Waals surface area contributed by atoms with Gasteiger partial charge in [0.2, 0.25) is 0 Å². The standard InChI is InChI=1S/C14H18N2OS2/c1-2-9-4-3-5-10(8-9)16-13(17)11-6-7-19-12(11)15-14(16)18/h6-7,9-10H,2-5,8H2,1H3,(H,15,18). The number of aromatic amines is 1. The van der Waals surface area contributed by atoms with E-state index in [1.54, 1.807) is 11.3 Å². The molecule has 0 bridgehead atoms. The number of nitrogens with zero attached hydrogens (tertiary/aromatic N) is 1. The fourth-order valence-corrected chi connectivity index (χ4v) is 4.33. The van der Waals surface area contributed by atoms with Crippen LogP contribution in [0.4, 0.5) is 0 Å². The lowest BCUT2D eigenvalue weighted by molar-refractivity contribution is 0.255. The Balaban J connectivity index is 2.09. The first-order valence-electron chi connectivity index (χ1n) is 6.92. The first-order chi connectivity index (χ1) is 9.20. The minimum Gasteiger partial charge on any atom is -0.323 e. The lowest BCUT2D eigenvalue weighted by Crippen LogP contribution is -2.29. The number of nitrogens with one attached hydrogen (secondary N) is 1. The number of H-pyrrole nitrogens is 1. The normalized spacial score (nSPS) is 23.8. The highest BCUT2D eigenvalue weighted by molar-refractivity contribution is 7.71. The third-order valence-corrected chi connectivity index (χ3v) is 5.38.